The lowest BCUT2D eigenvalue weighted by molar-refractivity contribution is 0.242. The molecule has 0 bridgehead atoms. The van der Waals surface area contributed by atoms with E-state index in [0.29, 0.717) is 0 Å². The van der Waals surface area contributed by atoms with Gasteiger partial charge in [0.1, 0.15) is 0 Å². The summed E-state index contributed by atoms with van der Waals surface area (Å²) >= 11 is 0. The van der Waals surface area contributed by atoms with Gasteiger partial charge in [-0.15, -0.1) is 0 Å². The standard InChI is InChI=1S/C9H20N2O/c1-3-4-5-6-7-8-11-9(12)10-2/h3-8H2,1-2H3,(H2,10,11,12). The number of urea groups is 1. The van der Waals surface area contributed by atoms with E-state index in [9.17, 15) is 4.79 Å². The highest BCUT2D eigenvalue weighted by Crippen LogP contribution is 2.00. The van der Waals surface area contributed by atoms with Crippen LogP contribution in [0.25, 0.3) is 0 Å². The van der Waals surface area contributed by atoms with Gasteiger partial charge in [0.25, 0.3) is 0 Å². The summed E-state index contributed by atoms with van der Waals surface area (Å²) < 4.78 is 0. The van der Waals surface area contributed by atoms with Gasteiger partial charge in [-0.2, -0.15) is 0 Å². The lowest BCUT2D eigenvalue weighted by Gasteiger charge is -2.03. The molecule has 0 aromatic carbocycles. The highest BCUT2D eigenvalue weighted by molar-refractivity contribution is 5.73. The van der Waals surface area contributed by atoms with Crippen LogP contribution in [0.1, 0.15) is 39.0 Å². The first-order valence-electron chi connectivity index (χ1n) is 4.76. The molecule has 0 aliphatic carbocycles. The fourth-order valence-corrected chi connectivity index (χ4v) is 1.02. The molecule has 0 saturated heterocycles. The molecular formula is C9H20N2O. The molecule has 0 saturated carbocycles. The van der Waals surface area contributed by atoms with Crippen LogP contribution in [0.5, 0.6) is 0 Å². The molecule has 0 atom stereocenters. The molecule has 0 aliphatic rings. The predicted octanol–water partition coefficient (Wildman–Crippen LogP) is 1.89. The summed E-state index contributed by atoms with van der Waals surface area (Å²) in [6.07, 6.45) is 6.17. The van der Waals surface area contributed by atoms with Crippen LogP contribution in [0.2, 0.25) is 0 Å². The molecule has 0 fully saturated rings. The Balaban J connectivity index is 2.95. The summed E-state index contributed by atoms with van der Waals surface area (Å²) in [6.45, 7) is 2.99. The zero-order valence-electron chi connectivity index (χ0n) is 8.15. The Bertz CT molecular complexity index is 115. The maximum atomic E-state index is 10.7. The average molecular weight is 172 g/mol. The quantitative estimate of drug-likeness (QED) is 0.590. The second-order valence-electron chi connectivity index (χ2n) is 2.92. The van der Waals surface area contributed by atoms with Crippen LogP contribution in [-0.4, -0.2) is 19.6 Å². The first kappa shape index (κ1) is 11.3. The second-order valence-corrected chi connectivity index (χ2v) is 2.92. The van der Waals surface area contributed by atoms with E-state index in [2.05, 4.69) is 17.6 Å². The maximum absolute atomic E-state index is 10.7. The van der Waals surface area contributed by atoms with Crippen molar-refractivity contribution in [3.63, 3.8) is 0 Å². The first-order chi connectivity index (χ1) is 5.81. The Labute approximate surface area is 74.9 Å². The van der Waals surface area contributed by atoms with Gasteiger partial charge in [0.2, 0.25) is 0 Å². The first-order valence-corrected chi connectivity index (χ1v) is 4.76. The smallest absolute Gasteiger partial charge is 0.314 e. The monoisotopic (exact) mass is 172 g/mol. The molecule has 0 radical (unpaired) electrons. The summed E-state index contributed by atoms with van der Waals surface area (Å²) in [5.41, 5.74) is 0. The topological polar surface area (TPSA) is 41.1 Å². The molecule has 0 aromatic heterocycles. The van der Waals surface area contributed by atoms with Crippen molar-refractivity contribution in [1.29, 1.82) is 0 Å². The van der Waals surface area contributed by atoms with Gasteiger partial charge in [-0.3, -0.25) is 0 Å². The molecule has 2 amide bonds. The van der Waals surface area contributed by atoms with Crippen molar-refractivity contribution in [2.45, 2.75) is 39.0 Å². The van der Waals surface area contributed by atoms with Gasteiger partial charge in [-0.05, 0) is 6.42 Å². The summed E-state index contributed by atoms with van der Waals surface area (Å²) in [5, 5.41) is 5.28. The zero-order chi connectivity index (χ0) is 9.23. The molecule has 0 unspecified atom stereocenters. The Morgan fingerprint density at radius 2 is 1.83 bits per heavy atom. The van der Waals surface area contributed by atoms with E-state index < -0.39 is 0 Å². The molecule has 3 heteroatoms. The minimum Gasteiger partial charge on any atom is -0.341 e. The van der Waals surface area contributed by atoms with Gasteiger partial charge in [0.05, 0.1) is 0 Å². The fraction of sp³-hybridized carbons (Fsp3) is 0.889. The van der Waals surface area contributed by atoms with Gasteiger partial charge in [-0.1, -0.05) is 32.6 Å². The van der Waals surface area contributed by atoms with E-state index in [1.807, 2.05) is 0 Å². The summed E-state index contributed by atoms with van der Waals surface area (Å²) in [7, 11) is 1.63. The number of unbranched alkanes of at least 4 members (excludes halogenated alkanes) is 4. The molecular weight excluding hydrogens is 152 g/mol. The van der Waals surface area contributed by atoms with Crippen molar-refractivity contribution in [1.82, 2.24) is 10.6 Å². The maximum Gasteiger partial charge on any atom is 0.314 e. The molecule has 0 aliphatic heterocycles. The molecule has 0 spiro atoms. The van der Waals surface area contributed by atoms with Crippen LogP contribution in [0.3, 0.4) is 0 Å². The number of carbonyl (C=O) groups is 1. The van der Waals surface area contributed by atoms with E-state index in [1.165, 1.54) is 25.7 Å². The third-order valence-electron chi connectivity index (χ3n) is 1.79. The van der Waals surface area contributed by atoms with Crippen molar-refractivity contribution in [3.05, 3.63) is 0 Å². The lowest BCUT2D eigenvalue weighted by Crippen LogP contribution is -2.33. The molecule has 12 heavy (non-hydrogen) atoms. The van der Waals surface area contributed by atoms with Crippen LogP contribution in [0.4, 0.5) is 4.79 Å². The van der Waals surface area contributed by atoms with Crippen molar-refractivity contribution in [2.24, 2.45) is 0 Å². The lowest BCUT2D eigenvalue weighted by atomic mass is 10.1. The van der Waals surface area contributed by atoms with Crippen molar-refractivity contribution in [2.75, 3.05) is 13.6 Å². The highest BCUT2D eigenvalue weighted by Gasteiger charge is 1.93. The van der Waals surface area contributed by atoms with Crippen molar-refractivity contribution in [3.8, 4) is 0 Å². The highest BCUT2D eigenvalue weighted by atomic mass is 16.2. The van der Waals surface area contributed by atoms with E-state index in [1.54, 1.807) is 7.05 Å². The number of amides is 2. The summed E-state index contributed by atoms with van der Waals surface area (Å²) in [4.78, 5) is 10.7. The van der Waals surface area contributed by atoms with Crippen molar-refractivity contribution < 1.29 is 4.79 Å². The van der Waals surface area contributed by atoms with Crippen molar-refractivity contribution >= 4 is 6.03 Å². The predicted molar refractivity (Wildman–Crippen MR) is 51.2 cm³/mol. The van der Waals surface area contributed by atoms with Gasteiger partial charge in [0, 0.05) is 13.6 Å². The average Bonchev–Trinajstić information content (AvgIpc) is 2.10. The zero-order valence-corrected chi connectivity index (χ0v) is 8.15. The molecule has 72 valence electrons. The van der Waals surface area contributed by atoms with Crippen LogP contribution in [0, 0.1) is 0 Å². The number of rotatable bonds is 6. The van der Waals surface area contributed by atoms with Crippen LogP contribution < -0.4 is 10.6 Å². The Morgan fingerprint density at radius 1 is 1.17 bits per heavy atom. The SMILES string of the molecule is CCCCCCCNC(=O)NC. The van der Waals surface area contributed by atoms with Crippen LogP contribution >= 0.6 is 0 Å². The minimum absolute atomic E-state index is 0.0782. The fourth-order valence-electron chi connectivity index (χ4n) is 1.02. The third kappa shape index (κ3) is 7.38. The van der Waals surface area contributed by atoms with Gasteiger partial charge < -0.3 is 10.6 Å². The van der Waals surface area contributed by atoms with Gasteiger partial charge >= 0.3 is 6.03 Å². The molecule has 3 nitrogen and oxygen atoms in total. The Morgan fingerprint density at radius 3 is 2.42 bits per heavy atom. The molecule has 2 N–H and O–H groups in total. The van der Waals surface area contributed by atoms with E-state index in [0.717, 1.165) is 13.0 Å². The minimum atomic E-state index is -0.0782. The Kier molecular flexibility index (Phi) is 7.86. The number of carbonyl (C=O) groups excluding carboxylic acids is 1. The number of hydrogen-bond acceptors (Lipinski definition) is 1. The van der Waals surface area contributed by atoms with Gasteiger partial charge in [0.15, 0.2) is 0 Å². The van der Waals surface area contributed by atoms with E-state index in [4.69, 9.17) is 0 Å². The summed E-state index contributed by atoms with van der Waals surface area (Å²) in [5.74, 6) is 0. The largest absolute Gasteiger partial charge is 0.341 e. The third-order valence-corrected chi connectivity index (χ3v) is 1.79. The number of nitrogens with one attached hydrogen (secondary N) is 2. The van der Waals surface area contributed by atoms with Crippen LogP contribution in [0.15, 0.2) is 0 Å². The number of hydrogen-bond donors (Lipinski definition) is 2. The van der Waals surface area contributed by atoms with Crippen LogP contribution in [-0.2, 0) is 0 Å². The normalized spacial score (nSPS) is 9.50. The summed E-state index contributed by atoms with van der Waals surface area (Å²) in [6, 6.07) is -0.0782. The van der Waals surface area contributed by atoms with E-state index in [-0.39, 0.29) is 6.03 Å². The Hall–Kier alpha value is -0.730. The second kappa shape index (κ2) is 8.37. The molecule has 0 aromatic rings. The van der Waals surface area contributed by atoms with Gasteiger partial charge in [-0.25, -0.2) is 4.79 Å². The molecule has 0 rings (SSSR count). The molecule has 0 heterocycles. The van der Waals surface area contributed by atoms with E-state index >= 15 is 0 Å².